The van der Waals surface area contributed by atoms with Crippen molar-refractivity contribution >= 4 is 5.91 Å². The molecule has 2 fully saturated rings. The van der Waals surface area contributed by atoms with Crippen molar-refractivity contribution in [2.75, 3.05) is 6.54 Å². The third kappa shape index (κ3) is 2.58. The number of piperidine rings is 1. The standard InChI is InChI=1S/C14H25NO/c1-2-3-4-6-11-7-5-8-13-12(11)9-10-15-14(13)16/h11-13H,2-10H2,1H3,(H,15,16)/t11-,12+,13-/m0/s1. The lowest BCUT2D eigenvalue weighted by Crippen LogP contribution is -2.46. The minimum atomic E-state index is 0.344. The topological polar surface area (TPSA) is 29.1 Å². The van der Waals surface area contributed by atoms with Crippen molar-refractivity contribution in [1.29, 1.82) is 0 Å². The van der Waals surface area contributed by atoms with Crippen LogP contribution in [0.25, 0.3) is 0 Å². The molecular weight excluding hydrogens is 198 g/mol. The van der Waals surface area contributed by atoms with E-state index in [0.29, 0.717) is 17.7 Å². The molecule has 0 radical (unpaired) electrons. The van der Waals surface area contributed by atoms with Crippen molar-refractivity contribution in [2.45, 2.75) is 58.3 Å². The molecule has 3 atom stereocenters. The molecule has 0 aromatic heterocycles. The predicted octanol–water partition coefficient (Wildman–Crippen LogP) is 3.12. The van der Waals surface area contributed by atoms with E-state index in [2.05, 4.69) is 12.2 Å². The Hall–Kier alpha value is -0.530. The molecule has 0 aromatic rings. The summed E-state index contributed by atoms with van der Waals surface area (Å²) in [7, 11) is 0. The number of rotatable bonds is 4. The fraction of sp³-hybridized carbons (Fsp3) is 0.929. The van der Waals surface area contributed by atoms with E-state index in [0.717, 1.165) is 18.9 Å². The molecule has 1 N–H and O–H groups in total. The predicted molar refractivity (Wildman–Crippen MR) is 66.1 cm³/mol. The van der Waals surface area contributed by atoms with Crippen molar-refractivity contribution in [3.63, 3.8) is 0 Å². The van der Waals surface area contributed by atoms with Gasteiger partial charge in [0, 0.05) is 12.5 Å². The van der Waals surface area contributed by atoms with Crippen molar-refractivity contribution in [1.82, 2.24) is 5.32 Å². The molecule has 92 valence electrons. The quantitative estimate of drug-likeness (QED) is 0.729. The van der Waals surface area contributed by atoms with E-state index < -0.39 is 0 Å². The Morgan fingerprint density at radius 3 is 2.94 bits per heavy atom. The first-order valence-electron chi connectivity index (χ1n) is 7.10. The van der Waals surface area contributed by atoms with Gasteiger partial charge < -0.3 is 5.32 Å². The van der Waals surface area contributed by atoms with Crippen molar-refractivity contribution in [3.8, 4) is 0 Å². The molecule has 1 heterocycles. The number of carbonyl (C=O) groups excluding carboxylic acids is 1. The van der Waals surface area contributed by atoms with Gasteiger partial charge in [-0.15, -0.1) is 0 Å². The summed E-state index contributed by atoms with van der Waals surface area (Å²) in [6.45, 7) is 3.18. The van der Waals surface area contributed by atoms with Gasteiger partial charge in [0.05, 0.1) is 0 Å². The highest BCUT2D eigenvalue weighted by Gasteiger charge is 2.38. The molecule has 16 heavy (non-hydrogen) atoms. The molecular formula is C14H25NO. The number of unbranched alkanes of at least 4 members (excludes halogenated alkanes) is 2. The summed E-state index contributed by atoms with van der Waals surface area (Å²) in [6.07, 6.45) is 10.4. The van der Waals surface area contributed by atoms with Gasteiger partial charge >= 0.3 is 0 Å². The summed E-state index contributed by atoms with van der Waals surface area (Å²) >= 11 is 0. The molecule has 1 saturated carbocycles. The Morgan fingerprint density at radius 1 is 1.25 bits per heavy atom. The van der Waals surface area contributed by atoms with Crippen LogP contribution in [0.2, 0.25) is 0 Å². The first-order valence-corrected chi connectivity index (χ1v) is 7.10. The molecule has 0 spiro atoms. The molecule has 0 unspecified atom stereocenters. The van der Waals surface area contributed by atoms with Gasteiger partial charge in [0.15, 0.2) is 0 Å². The Labute approximate surface area is 99.2 Å². The maximum Gasteiger partial charge on any atom is 0.223 e. The minimum Gasteiger partial charge on any atom is -0.356 e. The Balaban J connectivity index is 1.89. The molecule has 1 saturated heterocycles. The van der Waals surface area contributed by atoms with Crippen molar-refractivity contribution in [3.05, 3.63) is 0 Å². The van der Waals surface area contributed by atoms with Crippen LogP contribution >= 0.6 is 0 Å². The SMILES string of the molecule is CCCCC[C@H]1CCC[C@@H]2C(=O)NCC[C@H]12. The first kappa shape index (κ1) is 11.9. The van der Waals surface area contributed by atoms with Gasteiger partial charge in [-0.05, 0) is 24.7 Å². The number of hydrogen-bond donors (Lipinski definition) is 1. The number of hydrogen-bond acceptors (Lipinski definition) is 1. The van der Waals surface area contributed by atoms with Crippen LogP contribution in [-0.4, -0.2) is 12.5 Å². The molecule has 2 nitrogen and oxygen atoms in total. The van der Waals surface area contributed by atoms with Crippen LogP contribution < -0.4 is 5.32 Å². The van der Waals surface area contributed by atoms with Crippen LogP contribution in [0.1, 0.15) is 58.3 Å². The molecule has 2 aliphatic rings. The Kier molecular flexibility index (Phi) is 4.25. The summed E-state index contributed by atoms with van der Waals surface area (Å²) in [4.78, 5) is 11.8. The maximum absolute atomic E-state index is 11.8. The second kappa shape index (κ2) is 5.70. The van der Waals surface area contributed by atoms with Crippen LogP contribution in [0.3, 0.4) is 0 Å². The van der Waals surface area contributed by atoms with E-state index in [1.165, 1.54) is 44.9 Å². The van der Waals surface area contributed by atoms with Gasteiger partial charge in [-0.2, -0.15) is 0 Å². The molecule has 1 aliphatic heterocycles. The number of carbonyl (C=O) groups is 1. The molecule has 0 aromatic carbocycles. The van der Waals surface area contributed by atoms with Gasteiger partial charge in [-0.25, -0.2) is 0 Å². The maximum atomic E-state index is 11.8. The van der Waals surface area contributed by atoms with Crippen LogP contribution in [0, 0.1) is 17.8 Å². The van der Waals surface area contributed by atoms with Crippen molar-refractivity contribution in [2.24, 2.45) is 17.8 Å². The Bertz CT molecular complexity index is 239. The monoisotopic (exact) mass is 223 g/mol. The second-order valence-corrected chi connectivity index (χ2v) is 5.54. The van der Waals surface area contributed by atoms with Gasteiger partial charge in [-0.1, -0.05) is 45.4 Å². The summed E-state index contributed by atoms with van der Waals surface area (Å²) in [5, 5.41) is 3.03. The Morgan fingerprint density at radius 2 is 2.12 bits per heavy atom. The van der Waals surface area contributed by atoms with Gasteiger partial charge in [0.25, 0.3) is 0 Å². The highest BCUT2D eigenvalue weighted by atomic mass is 16.1. The number of fused-ring (bicyclic) bond motifs is 1. The largest absolute Gasteiger partial charge is 0.356 e. The van der Waals surface area contributed by atoms with Crippen LogP contribution in [0.4, 0.5) is 0 Å². The second-order valence-electron chi connectivity index (χ2n) is 5.54. The van der Waals surface area contributed by atoms with Crippen LogP contribution in [0.15, 0.2) is 0 Å². The van der Waals surface area contributed by atoms with E-state index in [-0.39, 0.29) is 0 Å². The summed E-state index contributed by atoms with van der Waals surface area (Å²) < 4.78 is 0. The van der Waals surface area contributed by atoms with Gasteiger partial charge in [-0.3, -0.25) is 4.79 Å². The van der Waals surface area contributed by atoms with Gasteiger partial charge in [0.2, 0.25) is 5.91 Å². The smallest absolute Gasteiger partial charge is 0.223 e. The lowest BCUT2D eigenvalue weighted by atomic mass is 9.67. The first-order chi connectivity index (χ1) is 7.83. The van der Waals surface area contributed by atoms with E-state index in [9.17, 15) is 4.79 Å². The minimum absolute atomic E-state index is 0.344. The number of amides is 1. The fourth-order valence-corrected chi connectivity index (χ4v) is 3.63. The lowest BCUT2D eigenvalue weighted by Gasteiger charge is -2.40. The number of nitrogens with one attached hydrogen (secondary N) is 1. The molecule has 0 bridgehead atoms. The summed E-state index contributed by atoms with van der Waals surface area (Å²) in [5.74, 6) is 2.25. The van der Waals surface area contributed by atoms with Gasteiger partial charge in [0.1, 0.15) is 0 Å². The van der Waals surface area contributed by atoms with E-state index in [1.807, 2.05) is 0 Å². The summed E-state index contributed by atoms with van der Waals surface area (Å²) in [6, 6.07) is 0. The third-order valence-electron chi connectivity index (χ3n) is 4.50. The third-order valence-corrected chi connectivity index (χ3v) is 4.50. The zero-order valence-corrected chi connectivity index (χ0v) is 10.5. The molecule has 1 aliphatic carbocycles. The van der Waals surface area contributed by atoms with Crippen LogP contribution in [0.5, 0.6) is 0 Å². The van der Waals surface area contributed by atoms with E-state index >= 15 is 0 Å². The summed E-state index contributed by atoms with van der Waals surface area (Å²) in [5.41, 5.74) is 0. The molecule has 1 amide bonds. The zero-order valence-electron chi connectivity index (χ0n) is 10.5. The molecule has 2 rings (SSSR count). The van der Waals surface area contributed by atoms with Crippen LogP contribution in [-0.2, 0) is 4.79 Å². The zero-order chi connectivity index (χ0) is 11.4. The average molecular weight is 223 g/mol. The van der Waals surface area contributed by atoms with E-state index in [1.54, 1.807) is 0 Å². The highest BCUT2D eigenvalue weighted by Crippen LogP contribution is 2.41. The van der Waals surface area contributed by atoms with E-state index in [4.69, 9.17) is 0 Å². The highest BCUT2D eigenvalue weighted by molar-refractivity contribution is 5.79. The average Bonchev–Trinajstić information content (AvgIpc) is 2.31. The molecule has 2 heteroatoms. The lowest BCUT2D eigenvalue weighted by molar-refractivity contribution is -0.131. The normalized spacial score (nSPS) is 34.3. The van der Waals surface area contributed by atoms with Crippen molar-refractivity contribution < 1.29 is 4.79 Å². The fourth-order valence-electron chi connectivity index (χ4n) is 3.63.